The summed E-state index contributed by atoms with van der Waals surface area (Å²) in [5, 5.41) is 8.86. The maximum absolute atomic E-state index is 11.8. The van der Waals surface area contributed by atoms with Crippen LogP contribution < -0.4 is 20.7 Å². The zero-order valence-electron chi connectivity index (χ0n) is 14.4. The second-order valence-electron chi connectivity index (χ2n) is 4.67. The SMILES string of the molecule is CCOCCNC(=NC)NCC(=O)NCc1ccc(OC)cc1.I. The van der Waals surface area contributed by atoms with Gasteiger partial charge in [-0.1, -0.05) is 12.1 Å². The molecule has 0 saturated carbocycles. The van der Waals surface area contributed by atoms with Crippen LogP contribution in [0.1, 0.15) is 12.5 Å². The predicted molar refractivity (Wildman–Crippen MR) is 106 cm³/mol. The molecule has 7 nitrogen and oxygen atoms in total. The first-order chi connectivity index (χ1) is 11.2. The second kappa shape index (κ2) is 13.8. The Balaban J connectivity index is 0.00000529. The number of nitrogens with one attached hydrogen (secondary N) is 3. The lowest BCUT2D eigenvalue weighted by Crippen LogP contribution is -2.43. The molecular weight excluding hydrogens is 423 g/mol. The van der Waals surface area contributed by atoms with Crippen molar-refractivity contribution in [2.45, 2.75) is 13.5 Å². The summed E-state index contributed by atoms with van der Waals surface area (Å²) in [6, 6.07) is 7.56. The number of hydrogen-bond donors (Lipinski definition) is 3. The van der Waals surface area contributed by atoms with Crippen LogP contribution in [0.4, 0.5) is 0 Å². The molecule has 0 atom stereocenters. The van der Waals surface area contributed by atoms with Crippen molar-refractivity contribution in [3.63, 3.8) is 0 Å². The number of nitrogens with zero attached hydrogens (tertiary/aromatic N) is 1. The van der Waals surface area contributed by atoms with Gasteiger partial charge in [-0.15, -0.1) is 24.0 Å². The molecule has 1 rings (SSSR count). The van der Waals surface area contributed by atoms with Crippen molar-refractivity contribution in [2.24, 2.45) is 4.99 Å². The molecule has 3 N–H and O–H groups in total. The highest BCUT2D eigenvalue weighted by Crippen LogP contribution is 2.10. The molecule has 0 aliphatic rings. The van der Waals surface area contributed by atoms with Crippen LogP contribution in [0, 0.1) is 0 Å². The van der Waals surface area contributed by atoms with Gasteiger partial charge in [0.2, 0.25) is 5.91 Å². The number of aliphatic imine (C=N–C) groups is 1. The summed E-state index contributed by atoms with van der Waals surface area (Å²) < 4.78 is 10.3. The van der Waals surface area contributed by atoms with E-state index in [4.69, 9.17) is 9.47 Å². The molecule has 0 spiro atoms. The zero-order chi connectivity index (χ0) is 16.9. The topological polar surface area (TPSA) is 84.0 Å². The van der Waals surface area contributed by atoms with Gasteiger partial charge in [0, 0.05) is 26.7 Å². The fourth-order valence-corrected chi connectivity index (χ4v) is 1.78. The van der Waals surface area contributed by atoms with Crippen molar-refractivity contribution >= 4 is 35.8 Å². The molecule has 0 radical (unpaired) electrons. The van der Waals surface area contributed by atoms with Crippen molar-refractivity contribution < 1.29 is 14.3 Å². The monoisotopic (exact) mass is 450 g/mol. The molecule has 0 bridgehead atoms. The lowest BCUT2D eigenvalue weighted by molar-refractivity contribution is -0.120. The number of hydrogen-bond acceptors (Lipinski definition) is 4. The number of ether oxygens (including phenoxy) is 2. The van der Waals surface area contributed by atoms with E-state index in [-0.39, 0.29) is 36.4 Å². The normalized spacial score (nSPS) is 10.5. The molecule has 1 amide bonds. The van der Waals surface area contributed by atoms with E-state index < -0.39 is 0 Å². The fraction of sp³-hybridized carbons (Fsp3) is 0.500. The number of benzene rings is 1. The Morgan fingerprint density at radius 2 is 1.88 bits per heavy atom. The Morgan fingerprint density at radius 1 is 1.17 bits per heavy atom. The number of carbonyl (C=O) groups excluding carboxylic acids is 1. The van der Waals surface area contributed by atoms with Gasteiger partial charge in [-0.05, 0) is 24.6 Å². The van der Waals surface area contributed by atoms with E-state index in [2.05, 4.69) is 20.9 Å². The molecule has 0 aromatic heterocycles. The largest absolute Gasteiger partial charge is 0.497 e. The van der Waals surface area contributed by atoms with E-state index in [1.807, 2.05) is 31.2 Å². The summed E-state index contributed by atoms with van der Waals surface area (Å²) in [5.41, 5.74) is 1.01. The summed E-state index contributed by atoms with van der Waals surface area (Å²) in [6.07, 6.45) is 0. The van der Waals surface area contributed by atoms with E-state index in [0.717, 1.165) is 11.3 Å². The standard InChI is InChI=1S/C16H26N4O3.HI/c1-4-23-10-9-18-16(17-2)20-12-15(21)19-11-13-5-7-14(22-3)8-6-13;/h5-8H,4,9-12H2,1-3H3,(H,19,21)(H2,17,18,20);1H. The van der Waals surface area contributed by atoms with Crippen molar-refractivity contribution in [1.82, 2.24) is 16.0 Å². The summed E-state index contributed by atoms with van der Waals surface area (Å²) in [4.78, 5) is 15.9. The molecule has 0 aliphatic carbocycles. The Labute approximate surface area is 160 Å². The van der Waals surface area contributed by atoms with Crippen molar-refractivity contribution in [3.05, 3.63) is 29.8 Å². The summed E-state index contributed by atoms with van der Waals surface area (Å²) in [5.74, 6) is 1.27. The van der Waals surface area contributed by atoms with Gasteiger partial charge >= 0.3 is 0 Å². The predicted octanol–water partition coefficient (Wildman–Crippen LogP) is 1.13. The average Bonchev–Trinajstić information content (AvgIpc) is 2.59. The van der Waals surface area contributed by atoms with E-state index in [9.17, 15) is 4.79 Å². The molecule has 1 aromatic rings. The molecule has 24 heavy (non-hydrogen) atoms. The number of methoxy groups -OCH3 is 1. The third kappa shape index (κ3) is 9.56. The highest BCUT2D eigenvalue weighted by Gasteiger charge is 2.03. The van der Waals surface area contributed by atoms with Gasteiger partial charge in [0.15, 0.2) is 5.96 Å². The van der Waals surface area contributed by atoms with Crippen molar-refractivity contribution in [1.29, 1.82) is 0 Å². The first-order valence-electron chi connectivity index (χ1n) is 7.61. The Morgan fingerprint density at radius 3 is 2.46 bits per heavy atom. The van der Waals surface area contributed by atoms with Crippen LogP contribution in [-0.4, -0.2) is 52.3 Å². The van der Waals surface area contributed by atoms with E-state index >= 15 is 0 Å². The van der Waals surface area contributed by atoms with Crippen LogP contribution in [-0.2, 0) is 16.1 Å². The van der Waals surface area contributed by atoms with E-state index in [0.29, 0.717) is 32.3 Å². The second-order valence-corrected chi connectivity index (χ2v) is 4.67. The first kappa shape index (κ1) is 22.4. The third-order valence-electron chi connectivity index (χ3n) is 3.03. The highest BCUT2D eigenvalue weighted by atomic mass is 127. The number of rotatable bonds is 9. The van der Waals surface area contributed by atoms with Gasteiger partial charge in [-0.2, -0.15) is 0 Å². The zero-order valence-corrected chi connectivity index (χ0v) is 16.8. The number of halogens is 1. The maximum atomic E-state index is 11.8. The highest BCUT2D eigenvalue weighted by molar-refractivity contribution is 14.0. The molecule has 0 heterocycles. The summed E-state index contributed by atoms with van der Waals surface area (Å²) >= 11 is 0. The van der Waals surface area contributed by atoms with Crippen LogP contribution >= 0.6 is 24.0 Å². The van der Waals surface area contributed by atoms with Crippen LogP contribution in [0.15, 0.2) is 29.3 Å². The lowest BCUT2D eigenvalue weighted by atomic mass is 10.2. The quantitative estimate of drug-likeness (QED) is 0.228. The van der Waals surface area contributed by atoms with Crippen LogP contribution in [0.2, 0.25) is 0 Å². The Bertz CT molecular complexity index is 495. The van der Waals surface area contributed by atoms with Crippen molar-refractivity contribution in [3.8, 4) is 5.75 Å². The van der Waals surface area contributed by atoms with Gasteiger partial charge in [0.05, 0.1) is 20.3 Å². The molecule has 0 unspecified atom stereocenters. The van der Waals surface area contributed by atoms with Gasteiger partial charge < -0.3 is 25.4 Å². The summed E-state index contributed by atoms with van der Waals surface area (Å²) in [7, 11) is 3.28. The lowest BCUT2D eigenvalue weighted by Gasteiger charge is -2.12. The van der Waals surface area contributed by atoms with Crippen LogP contribution in [0.5, 0.6) is 5.75 Å². The van der Waals surface area contributed by atoms with Crippen molar-refractivity contribution in [2.75, 3.05) is 40.5 Å². The number of guanidine groups is 1. The third-order valence-corrected chi connectivity index (χ3v) is 3.03. The molecule has 136 valence electrons. The minimum atomic E-state index is -0.103. The molecule has 0 fully saturated rings. The molecule has 8 heteroatoms. The van der Waals surface area contributed by atoms with Gasteiger partial charge in [-0.3, -0.25) is 9.79 Å². The Hall–Kier alpha value is -1.55. The fourth-order valence-electron chi connectivity index (χ4n) is 1.78. The van der Waals surface area contributed by atoms with Crippen LogP contribution in [0.3, 0.4) is 0 Å². The minimum Gasteiger partial charge on any atom is -0.497 e. The average molecular weight is 450 g/mol. The molecular formula is C16H27IN4O3. The first-order valence-corrected chi connectivity index (χ1v) is 7.61. The minimum absolute atomic E-state index is 0. The van der Waals surface area contributed by atoms with Gasteiger partial charge in [0.25, 0.3) is 0 Å². The molecule has 0 saturated heterocycles. The number of amides is 1. The molecule has 0 aliphatic heterocycles. The summed E-state index contributed by atoms with van der Waals surface area (Å²) in [6.45, 7) is 4.49. The maximum Gasteiger partial charge on any atom is 0.239 e. The number of carbonyl (C=O) groups is 1. The van der Waals surface area contributed by atoms with Gasteiger partial charge in [0.1, 0.15) is 5.75 Å². The molecule has 1 aromatic carbocycles. The Kier molecular flexibility index (Phi) is 13.0. The van der Waals surface area contributed by atoms with Crippen LogP contribution in [0.25, 0.3) is 0 Å². The van der Waals surface area contributed by atoms with E-state index in [1.165, 1.54) is 0 Å². The van der Waals surface area contributed by atoms with Gasteiger partial charge in [-0.25, -0.2) is 0 Å². The van der Waals surface area contributed by atoms with E-state index in [1.54, 1.807) is 14.2 Å². The smallest absolute Gasteiger partial charge is 0.239 e.